The first-order chi connectivity index (χ1) is 6.16. The SMILES string of the molecule is C=CC(=O)NCOCCCC(C)C. The minimum atomic E-state index is -0.191. The van der Waals surface area contributed by atoms with E-state index in [4.69, 9.17) is 4.74 Å². The molecule has 1 amide bonds. The molecule has 0 fully saturated rings. The normalized spacial score (nSPS) is 10.1. The lowest BCUT2D eigenvalue weighted by Crippen LogP contribution is -2.24. The fourth-order valence-electron chi connectivity index (χ4n) is 0.860. The topological polar surface area (TPSA) is 38.3 Å². The van der Waals surface area contributed by atoms with Crippen molar-refractivity contribution >= 4 is 5.91 Å². The zero-order valence-corrected chi connectivity index (χ0v) is 8.51. The van der Waals surface area contributed by atoms with Gasteiger partial charge in [0.25, 0.3) is 0 Å². The largest absolute Gasteiger partial charge is 0.361 e. The fraction of sp³-hybridized carbons (Fsp3) is 0.700. The van der Waals surface area contributed by atoms with E-state index >= 15 is 0 Å². The van der Waals surface area contributed by atoms with Gasteiger partial charge < -0.3 is 10.1 Å². The van der Waals surface area contributed by atoms with Gasteiger partial charge in [-0.3, -0.25) is 4.79 Å². The number of carbonyl (C=O) groups is 1. The summed E-state index contributed by atoms with van der Waals surface area (Å²) in [5.74, 6) is 0.523. The maximum atomic E-state index is 10.6. The molecule has 0 saturated heterocycles. The Balaban J connectivity index is 3.08. The van der Waals surface area contributed by atoms with E-state index in [0.29, 0.717) is 12.5 Å². The monoisotopic (exact) mass is 185 g/mol. The van der Waals surface area contributed by atoms with Crippen molar-refractivity contribution in [2.75, 3.05) is 13.3 Å². The molecule has 0 aliphatic heterocycles. The summed E-state index contributed by atoms with van der Waals surface area (Å²) in [6.45, 7) is 8.68. The summed E-state index contributed by atoms with van der Waals surface area (Å²) in [7, 11) is 0. The van der Waals surface area contributed by atoms with Gasteiger partial charge in [-0.25, -0.2) is 0 Å². The van der Waals surface area contributed by atoms with Crippen LogP contribution >= 0.6 is 0 Å². The van der Waals surface area contributed by atoms with Gasteiger partial charge in [0.1, 0.15) is 6.73 Å². The minimum Gasteiger partial charge on any atom is -0.361 e. The van der Waals surface area contributed by atoms with Crippen LogP contribution in [0, 0.1) is 5.92 Å². The van der Waals surface area contributed by atoms with E-state index in [0.717, 1.165) is 12.8 Å². The van der Waals surface area contributed by atoms with Crippen LogP contribution in [0.2, 0.25) is 0 Å². The van der Waals surface area contributed by atoms with Gasteiger partial charge in [-0.2, -0.15) is 0 Å². The molecule has 0 radical (unpaired) electrons. The van der Waals surface area contributed by atoms with E-state index in [-0.39, 0.29) is 12.6 Å². The van der Waals surface area contributed by atoms with Gasteiger partial charge in [-0.15, -0.1) is 0 Å². The molecule has 0 heterocycles. The molecule has 0 aromatic rings. The zero-order chi connectivity index (χ0) is 10.1. The van der Waals surface area contributed by atoms with E-state index in [1.54, 1.807) is 0 Å². The van der Waals surface area contributed by atoms with Crippen molar-refractivity contribution in [3.05, 3.63) is 12.7 Å². The molecule has 0 atom stereocenters. The number of hydrogen-bond donors (Lipinski definition) is 1. The highest BCUT2D eigenvalue weighted by molar-refractivity contribution is 5.86. The van der Waals surface area contributed by atoms with Crippen LogP contribution in [0.1, 0.15) is 26.7 Å². The number of carbonyl (C=O) groups excluding carboxylic acids is 1. The zero-order valence-electron chi connectivity index (χ0n) is 8.51. The molecule has 0 saturated carbocycles. The lowest BCUT2D eigenvalue weighted by molar-refractivity contribution is -0.118. The molecule has 13 heavy (non-hydrogen) atoms. The smallest absolute Gasteiger partial charge is 0.245 e. The first-order valence-electron chi connectivity index (χ1n) is 4.64. The summed E-state index contributed by atoms with van der Waals surface area (Å²) in [5.41, 5.74) is 0. The molecule has 0 unspecified atom stereocenters. The third-order valence-electron chi connectivity index (χ3n) is 1.60. The highest BCUT2D eigenvalue weighted by atomic mass is 16.5. The van der Waals surface area contributed by atoms with E-state index in [2.05, 4.69) is 25.7 Å². The molecule has 3 heteroatoms. The van der Waals surface area contributed by atoms with Gasteiger partial charge in [-0.05, 0) is 24.8 Å². The van der Waals surface area contributed by atoms with Crippen LogP contribution in [0.3, 0.4) is 0 Å². The second-order valence-electron chi connectivity index (χ2n) is 3.33. The molecule has 0 rings (SSSR count). The average Bonchev–Trinajstić information content (AvgIpc) is 2.10. The van der Waals surface area contributed by atoms with Crippen molar-refractivity contribution in [2.45, 2.75) is 26.7 Å². The van der Waals surface area contributed by atoms with E-state index in [9.17, 15) is 4.79 Å². The number of rotatable bonds is 7. The number of amides is 1. The molecule has 0 aliphatic rings. The van der Waals surface area contributed by atoms with Gasteiger partial charge >= 0.3 is 0 Å². The maximum Gasteiger partial charge on any atom is 0.245 e. The van der Waals surface area contributed by atoms with Gasteiger partial charge in [0.2, 0.25) is 5.91 Å². The van der Waals surface area contributed by atoms with Crippen molar-refractivity contribution in [1.82, 2.24) is 5.32 Å². The Bertz CT molecular complexity index is 155. The van der Waals surface area contributed by atoms with E-state index in [1.807, 2.05) is 0 Å². The quantitative estimate of drug-likeness (QED) is 0.372. The second kappa shape index (κ2) is 7.80. The number of nitrogens with one attached hydrogen (secondary N) is 1. The van der Waals surface area contributed by atoms with Crippen LogP contribution in [0.5, 0.6) is 0 Å². The Labute approximate surface area is 80.2 Å². The number of hydrogen-bond acceptors (Lipinski definition) is 2. The van der Waals surface area contributed by atoms with Crippen molar-refractivity contribution < 1.29 is 9.53 Å². The first kappa shape index (κ1) is 12.2. The van der Waals surface area contributed by atoms with Crippen LogP contribution in [-0.2, 0) is 9.53 Å². The molecular formula is C10H19NO2. The molecule has 0 spiro atoms. The summed E-state index contributed by atoms with van der Waals surface area (Å²) in [6, 6.07) is 0. The molecule has 0 bridgehead atoms. The van der Waals surface area contributed by atoms with Gasteiger partial charge in [-0.1, -0.05) is 20.4 Å². The van der Waals surface area contributed by atoms with Crippen molar-refractivity contribution in [1.29, 1.82) is 0 Å². The predicted octanol–water partition coefficient (Wildman–Crippen LogP) is 1.70. The Morgan fingerprint density at radius 2 is 2.31 bits per heavy atom. The second-order valence-corrected chi connectivity index (χ2v) is 3.33. The molecule has 76 valence electrons. The predicted molar refractivity (Wildman–Crippen MR) is 53.2 cm³/mol. The molecular weight excluding hydrogens is 166 g/mol. The molecule has 0 aromatic carbocycles. The standard InChI is InChI=1S/C10H19NO2/c1-4-10(12)11-8-13-7-5-6-9(2)3/h4,9H,1,5-8H2,2-3H3,(H,11,12). The van der Waals surface area contributed by atoms with Crippen LogP contribution in [0.4, 0.5) is 0 Å². The van der Waals surface area contributed by atoms with Gasteiger partial charge in [0.05, 0.1) is 0 Å². The highest BCUT2D eigenvalue weighted by Crippen LogP contribution is 2.02. The Morgan fingerprint density at radius 1 is 1.62 bits per heavy atom. The lowest BCUT2D eigenvalue weighted by Gasteiger charge is -2.06. The third kappa shape index (κ3) is 9.08. The summed E-state index contributed by atoms with van der Waals surface area (Å²) >= 11 is 0. The summed E-state index contributed by atoms with van der Waals surface area (Å²) in [5, 5.41) is 2.54. The first-order valence-corrected chi connectivity index (χ1v) is 4.64. The van der Waals surface area contributed by atoms with E-state index < -0.39 is 0 Å². The van der Waals surface area contributed by atoms with Gasteiger partial charge in [0, 0.05) is 6.61 Å². The summed E-state index contributed by atoms with van der Waals surface area (Å²) in [6.07, 6.45) is 3.44. The molecule has 3 nitrogen and oxygen atoms in total. The molecule has 1 N–H and O–H groups in total. The van der Waals surface area contributed by atoms with Crippen molar-refractivity contribution in [2.24, 2.45) is 5.92 Å². The minimum absolute atomic E-state index is 0.191. The van der Waals surface area contributed by atoms with Crippen LogP contribution in [0.15, 0.2) is 12.7 Å². The third-order valence-corrected chi connectivity index (χ3v) is 1.60. The Kier molecular flexibility index (Phi) is 7.30. The molecule has 0 aromatic heterocycles. The van der Waals surface area contributed by atoms with Crippen LogP contribution in [-0.4, -0.2) is 19.2 Å². The van der Waals surface area contributed by atoms with E-state index in [1.165, 1.54) is 6.08 Å². The van der Waals surface area contributed by atoms with Crippen molar-refractivity contribution in [3.8, 4) is 0 Å². The summed E-state index contributed by atoms with van der Waals surface area (Å²) < 4.78 is 5.18. The Hall–Kier alpha value is -0.830. The summed E-state index contributed by atoms with van der Waals surface area (Å²) in [4.78, 5) is 10.6. The number of ether oxygens (including phenoxy) is 1. The van der Waals surface area contributed by atoms with Crippen LogP contribution < -0.4 is 5.32 Å². The fourth-order valence-corrected chi connectivity index (χ4v) is 0.860. The lowest BCUT2D eigenvalue weighted by atomic mass is 10.1. The Morgan fingerprint density at radius 3 is 2.85 bits per heavy atom. The van der Waals surface area contributed by atoms with Crippen molar-refractivity contribution in [3.63, 3.8) is 0 Å². The van der Waals surface area contributed by atoms with Gasteiger partial charge in [0.15, 0.2) is 0 Å². The maximum absolute atomic E-state index is 10.6. The average molecular weight is 185 g/mol. The van der Waals surface area contributed by atoms with Crippen LogP contribution in [0.25, 0.3) is 0 Å². The molecule has 0 aliphatic carbocycles. The highest BCUT2D eigenvalue weighted by Gasteiger charge is 1.95.